The van der Waals surface area contributed by atoms with Gasteiger partial charge in [-0.15, -0.1) is 6.58 Å². The Kier molecular flexibility index (Phi) is 6.22. The number of hydrogen-bond donors (Lipinski definition) is 1. The van der Waals surface area contributed by atoms with Gasteiger partial charge in [-0.3, -0.25) is 0 Å². The van der Waals surface area contributed by atoms with Crippen molar-refractivity contribution in [1.82, 2.24) is 13.9 Å². The lowest BCUT2D eigenvalue weighted by Crippen LogP contribution is -2.53. The highest BCUT2D eigenvalue weighted by Gasteiger charge is 2.36. The lowest BCUT2D eigenvalue weighted by atomic mass is 10.1. The monoisotopic (exact) mass is 315 g/mol. The SMILES string of the molecule is C=CCN(CCC)S(=O)(=O)N1CCCCC1CNC1CC1. The van der Waals surface area contributed by atoms with Crippen LogP contribution in [0, 0.1) is 0 Å². The molecule has 5 nitrogen and oxygen atoms in total. The molecular weight excluding hydrogens is 286 g/mol. The van der Waals surface area contributed by atoms with Gasteiger partial charge < -0.3 is 5.32 Å². The van der Waals surface area contributed by atoms with Crippen molar-refractivity contribution in [1.29, 1.82) is 0 Å². The standard InChI is InChI=1S/C15H29N3O2S/c1-3-10-17(11-4-2)21(19,20)18-12-6-5-7-15(18)13-16-14-8-9-14/h3,14-16H,1,4-13H2,2H3. The van der Waals surface area contributed by atoms with Crippen LogP contribution in [0.5, 0.6) is 0 Å². The Labute approximate surface area is 129 Å². The Morgan fingerprint density at radius 1 is 1.33 bits per heavy atom. The van der Waals surface area contributed by atoms with Crippen molar-refractivity contribution >= 4 is 10.2 Å². The van der Waals surface area contributed by atoms with E-state index in [4.69, 9.17) is 0 Å². The third kappa shape index (κ3) is 4.52. The summed E-state index contributed by atoms with van der Waals surface area (Å²) in [7, 11) is -3.37. The molecule has 2 fully saturated rings. The molecule has 0 aromatic carbocycles. The highest BCUT2D eigenvalue weighted by molar-refractivity contribution is 7.86. The van der Waals surface area contributed by atoms with E-state index >= 15 is 0 Å². The number of nitrogens with zero attached hydrogens (tertiary/aromatic N) is 2. The number of rotatable bonds is 9. The van der Waals surface area contributed by atoms with E-state index in [2.05, 4.69) is 11.9 Å². The zero-order valence-electron chi connectivity index (χ0n) is 13.1. The van der Waals surface area contributed by atoms with Gasteiger partial charge in [-0.05, 0) is 32.1 Å². The largest absolute Gasteiger partial charge is 0.312 e. The second-order valence-electron chi connectivity index (χ2n) is 6.10. The fraction of sp³-hybridized carbons (Fsp3) is 0.867. The molecule has 0 aromatic rings. The van der Waals surface area contributed by atoms with Gasteiger partial charge in [0.2, 0.25) is 0 Å². The van der Waals surface area contributed by atoms with Gasteiger partial charge in [0.1, 0.15) is 0 Å². The first kappa shape index (κ1) is 16.9. The van der Waals surface area contributed by atoms with Crippen molar-refractivity contribution in [3.05, 3.63) is 12.7 Å². The fourth-order valence-electron chi connectivity index (χ4n) is 2.91. The van der Waals surface area contributed by atoms with E-state index in [1.165, 1.54) is 12.8 Å². The summed E-state index contributed by atoms with van der Waals surface area (Å²) >= 11 is 0. The Morgan fingerprint density at radius 3 is 2.71 bits per heavy atom. The van der Waals surface area contributed by atoms with E-state index in [1.54, 1.807) is 14.7 Å². The van der Waals surface area contributed by atoms with Gasteiger partial charge in [-0.1, -0.05) is 19.4 Å². The van der Waals surface area contributed by atoms with Crippen molar-refractivity contribution in [2.45, 2.75) is 57.5 Å². The minimum Gasteiger partial charge on any atom is -0.312 e. The summed E-state index contributed by atoms with van der Waals surface area (Å²) in [5.41, 5.74) is 0. The summed E-state index contributed by atoms with van der Waals surface area (Å²) in [6, 6.07) is 0.727. The first-order valence-corrected chi connectivity index (χ1v) is 9.60. The lowest BCUT2D eigenvalue weighted by Gasteiger charge is -2.38. The van der Waals surface area contributed by atoms with Crippen molar-refractivity contribution in [3.63, 3.8) is 0 Å². The second-order valence-corrected chi connectivity index (χ2v) is 7.98. The van der Waals surface area contributed by atoms with E-state index in [1.807, 2.05) is 6.92 Å². The summed E-state index contributed by atoms with van der Waals surface area (Å²) in [6.07, 6.45) is 8.02. The van der Waals surface area contributed by atoms with Gasteiger partial charge in [0.15, 0.2) is 0 Å². The number of piperidine rings is 1. The molecule has 1 unspecified atom stereocenters. The van der Waals surface area contributed by atoms with E-state index in [0.717, 1.165) is 32.2 Å². The van der Waals surface area contributed by atoms with E-state index in [-0.39, 0.29) is 6.04 Å². The minimum absolute atomic E-state index is 0.105. The number of hydrogen-bond acceptors (Lipinski definition) is 3. The van der Waals surface area contributed by atoms with Crippen LogP contribution < -0.4 is 5.32 Å². The van der Waals surface area contributed by atoms with Gasteiger partial charge >= 0.3 is 0 Å². The maximum Gasteiger partial charge on any atom is 0.282 e. The summed E-state index contributed by atoms with van der Waals surface area (Å²) < 4.78 is 29.1. The lowest BCUT2D eigenvalue weighted by molar-refractivity contribution is 0.227. The first-order chi connectivity index (χ1) is 10.1. The van der Waals surface area contributed by atoms with Crippen molar-refractivity contribution in [3.8, 4) is 0 Å². The molecule has 2 rings (SSSR count). The van der Waals surface area contributed by atoms with E-state index in [0.29, 0.717) is 25.7 Å². The molecule has 0 radical (unpaired) electrons. The number of nitrogens with one attached hydrogen (secondary N) is 1. The van der Waals surface area contributed by atoms with Crippen LogP contribution in [0.3, 0.4) is 0 Å². The zero-order valence-corrected chi connectivity index (χ0v) is 13.9. The second kappa shape index (κ2) is 7.72. The molecular formula is C15H29N3O2S. The van der Waals surface area contributed by atoms with Crippen LogP contribution in [0.4, 0.5) is 0 Å². The van der Waals surface area contributed by atoms with Gasteiger partial charge in [0.05, 0.1) is 0 Å². The third-order valence-electron chi connectivity index (χ3n) is 4.22. The first-order valence-electron chi connectivity index (χ1n) is 8.20. The molecule has 21 heavy (non-hydrogen) atoms. The van der Waals surface area contributed by atoms with E-state index < -0.39 is 10.2 Å². The van der Waals surface area contributed by atoms with Gasteiger partial charge in [0, 0.05) is 38.3 Å². The Hall–Kier alpha value is -0.430. The quantitative estimate of drug-likeness (QED) is 0.659. The molecule has 6 heteroatoms. The minimum atomic E-state index is -3.37. The predicted octanol–water partition coefficient (Wildman–Crippen LogP) is 1.74. The van der Waals surface area contributed by atoms with Crippen LogP contribution >= 0.6 is 0 Å². The molecule has 0 bridgehead atoms. The molecule has 1 saturated heterocycles. The van der Waals surface area contributed by atoms with Gasteiger partial charge in [0.25, 0.3) is 10.2 Å². The Bertz CT molecular complexity index is 434. The molecule has 0 spiro atoms. The summed E-state index contributed by atoms with van der Waals surface area (Å²) in [6.45, 7) is 8.10. The smallest absolute Gasteiger partial charge is 0.282 e. The fourth-order valence-corrected chi connectivity index (χ4v) is 4.83. The van der Waals surface area contributed by atoms with E-state index in [9.17, 15) is 8.42 Å². The summed E-state index contributed by atoms with van der Waals surface area (Å²) in [4.78, 5) is 0. The highest BCUT2D eigenvalue weighted by atomic mass is 32.2. The molecule has 0 aromatic heterocycles. The summed E-state index contributed by atoms with van der Waals surface area (Å²) in [5.74, 6) is 0. The van der Waals surface area contributed by atoms with Crippen LogP contribution in [0.2, 0.25) is 0 Å². The van der Waals surface area contributed by atoms with Crippen molar-refractivity contribution in [2.75, 3.05) is 26.2 Å². The van der Waals surface area contributed by atoms with Crippen molar-refractivity contribution in [2.24, 2.45) is 0 Å². The topological polar surface area (TPSA) is 52.7 Å². The maximum absolute atomic E-state index is 12.9. The summed E-state index contributed by atoms with van der Waals surface area (Å²) in [5, 5.41) is 3.49. The average molecular weight is 315 g/mol. The average Bonchev–Trinajstić information content (AvgIpc) is 3.29. The molecule has 1 aliphatic carbocycles. The molecule has 1 aliphatic heterocycles. The zero-order chi connectivity index (χ0) is 15.3. The third-order valence-corrected chi connectivity index (χ3v) is 6.28. The molecule has 1 atom stereocenters. The molecule has 2 aliphatic rings. The van der Waals surface area contributed by atoms with Crippen LogP contribution in [0.1, 0.15) is 45.4 Å². The van der Waals surface area contributed by atoms with Gasteiger partial charge in [-0.2, -0.15) is 17.0 Å². The van der Waals surface area contributed by atoms with Crippen LogP contribution in [-0.2, 0) is 10.2 Å². The van der Waals surface area contributed by atoms with Crippen LogP contribution in [-0.4, -0.2) is 55.3 Å². The van der Waals surface area contributed by atoms with Crippen LogP contribution in [0.15, 0.2) is 12.7 Å². The molecule has 1 heterocycles. The molecule has 1 N–H and O–H groups in total. The molecule has 0 amide bonds. The highest BCUT2D eigenvalue weighted by Crippen LogP contribution is 2.24. The normalized spacial score (nSPS) is 24.4. The molecule has 1 saturated carbocycles. The Morgan fingerprint density at radius 2 is 2.10 bits per heavy atom. The van der Waals surface area contributed by atoms with Crippen LogP contribution in [0.25, 0.3) is 0 Å². The molecule has 122 valence electrons. The van der Waals surface area contributed by atoms with Gasteiger partial charge in [-0.25, -0.2) is 0 Å². The van der Waals surface area contributed by atoms with Crippen molar-refractivity contribution < 1.29 is 8.42 Å². The predicted molar refractivity (Wildman–Crippen MR) is 86.4 cm³/mol. The maximum atomic E-state index is 12.9. The Balaban J connectivity index is 2.06.